The largest absolute Gasteiger partial charge is 0.373 e. The zero-order valence-electron chi connectivity index (χ0n) is 8.58. The van der Waals surface area contributed by atoms with E-state index >= 15 is 0 Å². The fourth-order valence-electron chi connectivity index (χ4n) is 1.69. The third-order valence-electron chi connectivity index (χ3n) is 2.62. The van der Waals surface area contributed by atoms with Crippen molar-refractivity contribution in [3.8, 4) is 0 Å². The van der Waals surface area contributed by atoms with Gasteiger partial charge in [0.1, 0.15) is 0 Å². The molecule has 1 N–H and O–H groups in total. The minimum absolute atomic E-state index is 0.371. The van der Waals surface area contributed by atoms with Crippen LogP contribution in [0.5, 0.6) is 0 Å². The van der Waals surface area contributed by atoms with Crippen molar-refractivity contribution < 1.29 is 4.74 Å². The molecule has 1 saturated heterocycles. The minimum Gasteiger partial charge on any atom is -0.373 e. The van der Waals surface area contributed by atoms with Gasteiger partial charge in [-0.3, -0.25) is 4.98 Å². The Bertz CT molecular complexity index is 313. The number of ether oxygens (including phenoxy) is 1. The van der Waals surface area contributed by atoms with Gasteiger partial charge in [-0.2, -0.15) is 0 Å². The molecule has 2 heterocycles. The van der Waals surface area contributed by atoms with Crippen molar-refractivity contribution in [3.63, 3.8) is 0 Å². The van der Waals surface area contributed by atoms with E-state index in [1.807, 2.05) is 6.07 Å². The molecule has 3 nitrogen and oxygen atoms in total. The van der Waals surface area contributed by atoms with Gasteiger partial charge in [-0.15, -0.1) is 0 Å². The highest BCUT2D eigenvalue weighted by atomic mass is 35.5. The lowest BCUT2D eigenvalue weighted by molar-refractivity contribution is 0.0212. The van der Waals surface area contributed by atoms with Crippen LogP contribution in [-0.4, -0.2) is 24.2 Å². The Morgan fingerprint density at radius 2 is 2.27 bits per heavy atom. The summed E-state index contributed by atoms with van der Waals surface area (Å²) < 4.78 is 5.80. The molecular formula is C11H15ClN2O. The molecule has 82 valence electrons. The number of rotatable bonds is 3. The Morgan fingerprint density at radius 1 is 1.47 bits per heavy atom. The summed E-state index contributed by atoms with van der Waals surface area (Å²) >= 11 is 5.99. The third kappa shape index (κ3) is 3.16. The summed E-state index contributed by atoms with van der Waals surface area (Å²) in [5.74, 6) is 0. The summed E-state index contributed by atoms with van der Waals surface area (Å²) in [5.41, 5.74) is 1.02. The standard InChI is InChI=1S/C11H15ClN2O/c12-11-7-14-4-1-9(11)8-15-10-2-5-13-6-3-10/h1,4,7,10,13H,2-3,5-6,8H2. The van der Waals surface area contributed by atoms with Gasteiger partial charge in [-0.1, -0.05) is 11.6 Å². The molecule has 0 atom stereocenters. The molecule has 4 heteroatoms. The van der Waals surface area contributed by atoms with Crippen LogP contribution < -0.4 is 5.32 Å². The molecular weight excluding hydrogens is 212 g/mol. The quantitative estimate of drug-likeness (QED) is 0.856. The van der Waals surface area contributed by atoms with Gasteiger partial charge in [0.15, 0.2) is 0 Å². The predicted octanol–water partition coefficient (Wildman–Crippen LogP) is 2.00. The van der Waals surface area contributed by atoms with Crippen LogP contribution in [0.4, 0.5) is 0 Å². The van der Waals surface area contributed by atoms with Gasteiger partial charge in [-0.25, -0.2) is 0 Å². The average Bonchev–Trinajstić information content (AvgIpc) is 2.29. The Balaban J connectivity index is 1.84. The molecule has 0 radical (unpaired) electrons. The maximum Gasteiger partial charge on any atom is 0.0736 e. The number of nitrogens with zero attached hydrogens (tertiary/aromatic N) is 1. The van der Waals surface area contributed by atoms with Crippen molar-refractivity contribution in [2.45, 2.75) is 25.6 Å². The summed E-state index contributed by atoms with van der Waals surface area (Å²) in [6.07, 6.45) is 5.94. The molecule has 2 rings (SSSR count). The molecule has 0 spiro atoms. The summed E-state index contributed by atoms with van der Waals surface area (Å²) in [4.78, 5) is 3.94. The number of hydrogen-bond acceptors (Lipinski definition) is 3. The van der Waals surface area contributed by atoms with Crippen LogP contribution in [0.2, 0.25) is 5.02 Å². The fourth-order valence-corrected chi connectivity index (χ4v) is 1.86. The first-order valence-corrected chi connectivity index (χ1v) is 5.65. The first-order valence-electron chi connectivity index (χ1n) is 5.27. The normalized spacial score (nSPS) is 17.9. The summed E-state index contributed by atoms with van der Waals surface area (Å²) in [5, 5.41) is 3.99. The second-order valence-electron chi connectivity index (χ2n) is 3.73. The zero-order valence-corrected chi connectivity index (χ0v) is 9.33. The van der Waals surface area contributed by atoms with Crippen LogP contribution in [-0.2, 0) is 11.3 Å². The second-order valence-corrected chi connectivity index (χ2v) is 4.13. The van der Waals surface area contributed by atoms with Crippen molar-refractivity contribution in [2.75, 3.05) is 13.1 Å². The molecule has 0 aromatic carbocycles. The number of pyridine rings is 1. The molecule has 1 aromatic heterocycles. The van der Waals surface area contributed by atoms with E-state index in [-0.39, 0.29) is 0 Å². The van der Waals surface area contributed by atoms with E-state index in [1.54, 1.807) is 12.4 Å². The SMILES string of the molecule is Clc1cnccc1COC1CCNCC1. The number of piperidine rings is 1. The van der Waals surface area contributed by atoms with Gasteiger partial charge in [-0.05, 0) is 37.6 Å². The zero-order chi connectivity index (χ0) is 10.5. The molecule has 1 aromatic rings. The van der Waals surface area contributed by atoms with E-state index in [9.17, 15) is 0 Å². The molecule has 0 saturated carbocycles. The molecule has 1 aliphatic rings. The van der Waals surface area contributed by atoms with Crippen LogP contribution in [0.3, 0.4) is 0 Å². The summed E-state index contributed by atoms with van der Waals surface area (Å²) in [7, 11) is 0. The highest BCUT2D eigenvalue weighted by Gasteiger charge is 2.13. The average molecular weight is 227 g/mol. The molecule has 0 unspecified atom stereocenters. The van der Waals surface area contributed by atoms with Crippen LogP contribution >= 0.6 is 11.6 Å². The van der Waals surface area contributed by atoms with Crippen molar-refractivity contribution >= 4 is 11.6 Å². The maximum absolute atomic E-state index is 5.99. The Kier molecular flexibility index (Phi) is 3.94. The molecule has 0 bridgehead atoms. The van der Waals surface area contributed by atoms with Crippen LogP contribution in [0.1, 0.15) is 18.4 Å². The van der Waals surface area contributed by atoms with Gasteiger partial charge < -0.3 is 10.1 Å². The van der Waals surface area contributed by atoms with Crippen molar-refractivity contribution in [3.05, 3.63) is 29.0 Å². The first kappa shape index (κ1) is 10.9. The van der Waals surface area contributed by atoms with Crippen LogP contribution in [0.25, 0.3) is 0 Å². The van der Waals surface area contributed by atoms with Crippen molar-refractivity contribution in [2.24, 2.45) is 0 Å². The lowest BCUT2D eigenvalue weighted by Crippen LogP contribution is -2.32. The van der Waals surface area contributed by atoms with Gasteiger partial charge in [0, 0.05) is 12.4 Å². The Morgan fingerprint density at radius 3 is 3.00 bits per heavy atom. The smallest absolute Gasteiger partial charge is 0.0736 e. The van der Waals surface area contributed by atoms with Crippen LogP contribution in [0.15, 0.2) is 18.5 Å². The molecule has 15 heavy (non-hydrogen) atoms. The van der Waals surface area contributed by atoms with Crippen molar-refractivity contribution in [1.82, 2.24) is 10.3 Å². The van der Waals surface area contributed by atoms with Gasteiger partial charge in [0.05, 0.1) is 17.7 Å². The van der Waals surface area contributed by atoms with E-state index < -0.39 is 0 Å². The third-order valence-corrected chi connectivity index (χ3v) is 2.96. The number of aromatic nitrogens is 1. The predicted molar refractivity (Wildman–Crippen MR) is 59.9 cm³/mol. The monoisotopic (exact) mass is 226 g/mol. The second kappa shape index (κ2) is 5.45. The van der Waals surface area contributed by atoms with E-state index in [1.165, 1.54) is 0 Å². The van der Waals surface area contributed by atoms with E-state index in [2.05, 4.69) is 10.3 Å². The van der Waals surface area contributed by atoms with E-state index in [0.29, 0.717) is 17.7 Å². The Labute approximate surface area is 94.8 Å². The lowest BCUT2D eigenvalue weighted by Gasteiger charge is -2.23. The van der Waals surface area contributed by atoms with Gasteiger partial charge >= 0.3 is 0 Å². The highest BCUT2D eigenvalue weighted by Crippen LogP contribution is 2.17. The minimum atomic E-state index is 0.371. The fraction of sp³-hybridized carbons (Fsp3) is 0.545. The first-order chi connectivity index (χ1) is 7.36. The van der Waals surface area contributed by atoms with E-state index in [4.69, 9.17) is 16.3 Å². The van der Waals surface area contributed by atoms with E-state index in [0.717, 1.165) is 31.5 Å². The number of halogens is 1. The molecule has 1 fully saturated rings. The summed E-state index contributed by atoms with van der Waals surface area (Å²) in [6.45, 7) is 2.69. The lowest BCUT2D eigenvalue weighted by atomic mass is 10.1. The van der Waals surface area contributed by atoms with Crippen molar-refractivity contribution in [1.29, 1.82) is 0 Å². The van der Waals surface area contributed by atoms with Gasteiger partial charge in [0.2, 0.25) is 0 Å². The summed E-state index contributed by atoms with van der Waals surface area (Å²) in [6, 6.07) is 1.91. The molecule has 0 aliphatic carbocycles. The van der Waals surface area contributed by atoms with Gasteiger partial charge in [0.25, 0.3) is 0 Å². The number of hydrogen-bond donors (Lipinski definition) is 1. The molecule has 1 aliphatic heterocycles. The highest BCUT2D eigenvalue weighted by molar-refractivity contribution is 6.31. The Hall–Kier alpha value is -0.640. The number of nitrogens with one attached hydrogen (secondary N) is 1. The maximum atomic E-state index is 5.99. The van der Waals surface area contributed by atoms with Crippen LogP contribution in [0, 0.1) is 0 Å². The molecule has 0 amide bonds. The topological polar surface area (TPSA) is 34.1 Å².